The van der Waals surface area contributed by atoms with E-state index in [1.807, 2.05) is 0 Å². The first kappa shape index (κ1) is 26.6. The van der Waals surface area contributed by atoms with E-state index in [1.165, 1.54) is 53.6 Å². The van der Waals surface area contributed by atoms with Crippen molar-refractivity contribution in [3.63, 3.8) is 0 Å². The largest absolute Gasteiger partial charge is 0.0926 e. The quantitative estimate of drug-likeness (QED) is 0.235. The van der Waals surface area contributed by atoms with Gasteiger partial charge in [-0.15, -0.1) is 0 Å². The Morgan fingerprint density at radius 3 is 1.73 bits per heavy atom. The van der Waals surface area contributed by atoms with Crippen molar-refractivity contribution in [2.45, 2.75) is 81.7 Å². The van der Waals surface area contributed by atoms with Crippen LogP contribution < -0.4 is 15.9 Å². The maximum atomic E-state index is 2.70. The summed E-state index contributed by atoms with van der Waals surface area (Å²) in [6.07, 6.45) is 18.6. The number of rotatable bonds is 8. The highest BCUT2D eigenvalue weighted by Crippen LogP contribution is 2.70. The maximum absolute atomic E-state index is 2.70. The number of allylic oxidation sites excluding steroid dienone is 4. The fourth-order valence-electron chi connectivity index (χ4n) is 9.81. The Morgan fingerprint density at radius 1 is 0.634 bits per heavy atom. The minimum absolute atomic E-state index is 0.0132. The summed E-state index contributed by atoms with van der Waals surface area (Å²) in [5.41, 5.74) is 7.68. The highest BCUT2D eigenvalue weighted by Gasteiger charge is 2.52. The summed E-state index contributed by atoms with van der Waals surface area (Å²) in [5, 5.41) is 4.42. The van der Waals surface area contributed by atoms with Crippen LogP contribution in [-0.4, -0.2) is 17.0 Å². The Kier molecular flexibility index (Phi) is 7.30. The van der Waals surface area contributed by atoms with Gasteiger partial charge in [0.05, 0.1) is 0 Å². The topological polar surface area (TPSA) is 0 Å². The number of hydrogen-bond donors (Lipinski definition) is 0. The minimum Gasteiger partial charge on any atom is -0.0926 e. The first-order chi connectivity index (χ1) is 20.2. The number of hydrogen-bond acceptors (Lipinski definition) is 0. The van der Waals surface area contributed by atoms with Crippen LogP contribution >= 0.6 is 15.8 Å². The molecule has 0 nitrogen and oxygen atoms in total. The van der Waals surface area contributed by atoms with Crippen LogP contribution in [0, 0.1) is 23.7 Å². The normalized spacial score (nSPS) is 31.5. The predicted molar refractivity (Wildman–Crippen MR) is 181 cm³/mol. The van der Waals surface area contributed by atoms with Crippen LogP contribution in [0.25, 0.3) is 5.57 Å². The van der Waals surface area contributed by atoms with E-state index in [1.54, 1.807) is 36.8 Å². The van der Waals surface area contributed by atoms with E-state index >= 15 is 0 Å². The lowest BCUT2D eigenvalue weighted by Crippen LogP contribution is -2.30. The first-order valence-corrected chi connectivity index (χ1v) is 19.3. The maximum Gasteiger partial charge on any atom is -0.00103 e. The zero-order valence-corrected chi connectivity index (χ0v) is 26.3. The van der Waals surface area contributed by atoms with Crippen LogP contribution in [-0.2, 0) is 0 Å². The van der Waals surface area contributed by atoms with Gasteiger partial charge in [-0.2, -0.15) is 0 Å². The highest BCUT2D eigenvalue weighted by molar-refractivity contribution is 7.80. The Hall–Kier alpha value is -2.00. The van der Waals surface area contributed by atoms with Crippen molar-refractivity contribution in [1.82, 2.24) is 0 Å². The van der Waals surface area contributed by atoms with E-state index in [9.17, 15) is 0 Å². The molecule has 2 heteroatoms. The van der Waals surface area contributed by atoms with Gasteiger partial charge in [0.1, 0.15) is 0 Å². The molecule has 210 valence electrons. The van der Waals surface area contributed by atoms with Gasteiger partial charge in [-0.3, -0.25) is 0 Å². The molecule has 0 aromatic heterocycles. The average molecular weight is 575 g/mol. The molecule has 5 aliphatic rings. The average Bonchev–Trinajstić information content (AvgIpc) is 3.86. The summed E-state index contributed by atoms with van der Waals surface area (Å²) in [6, 6.07) is 32.0. The van der Waals surface area contributed by atoms with Crippen molar-refractivity contribution in [1.29, 1.82) is 0 Å². The predicted octanol–water partition coefficient (Wildman–Crippen LogP) is 9.41. The van der Waals surface area contributed by atoms with Crippen LogP contribution in [0.2, 0.25) is 0 Å². The molecule has 41 heavy (non-hydrogen) atoms. The summed E-state index contributed by atoms with van der Waals surface area (Å²) in [7, 11) is -0.611. The van der Waals surface area contributed by atoms with Gasteiger partial charge in [-0.05, 0) is 121 Å². The second-order valence-corrected chi connectivity index (χ2v) is 18.9. The lowest BCUT2D eigenvalue weighted by Gasteiger charge is -2.43. The van der Waals surface area contributed by atoms with E-state index in [0.29, 0.717) is 0 Å². The lowest BCUT2D eigenvalue weighted by atomic mass is 9.99. The van der Waals surface area contributed by atoms with Gasteiger partial charge >= 0.3 is 0 Å². The van der Waals surface area contributed by atoms with Crippen molar-refractivity contribution >= 4 is 37.3 Å². The molecule has 0 radical (unpaired) electrons. The third kappa shape index (κ3) is 4.83. The van der Waals surface area contributed by atoms with Gasteiger partial charge in [0.2, 0.25) is 0 Å². The Morgan fingerprint density at radius 2 is 1.20 bits per heavy atom. The van der Waals surface area contributed by atoms with Gasteiger partial charge < -0.3 is 0 Å². The molecular formula is C39H44P2. The summed E-state index contributed by atoms with van der Waals surface area (Å²) in [6.45, 7) is 2.70. The highest BCUT2D eigenvalue weighted by atomic mass is 31.1. The van der Waals surface area contributed by atoms with E-state index in [0.717, 1.165) is 40.6 Å². The van der Waals surface area contributed by atoms with Crippen LogP contribution in [0.1, 0.15) is 70.3 Å². The fourth-order valence-corrected chi connectivity index (χ4v) is 17.1. The minimum atomic E-state index is -0.625. The second kappa shape index (κ2) is 11.3. The molecule has 0 amide bonds. The van der Waals surface area contributed by atoms with Crippen LogP contribution in [0.5, 0.6) is 0 Å². The summed E-state index contributed by atoms with van der Waals surface area (Å²) < 4.78 is 0. The summed E-state index contributed by atoms with van der Waals surface area (Å²) >= 11 is 0. The molecule has 7 atom stereocenters. The molecule has 0 N–H and O–H groups in total. The molecule has 0 aliphatic heterocycles. The van der Waals surface area contributed by atoms with Crippen molar-refractivity contribution < 1.29 is 0 Å². The zero-order chi connectivity index (χ0) is 27.3. The number of fused-ring (bicyclic) bond motifs is 4. The zero-order valence-electron chi connectivity index (χ0n) is 24.5. The van der Waals surface area contributed by atoms with E-state index < -0.39 is 7.92 Å². The van der Waals surface area contributed by atoms with E-state index in [2.05, 4.69) is 104 Å². The smallest absolute Gasteiger partial charge is 0.00103 e. The summed E-state index contributed by atoms with van der Waals surface area (Å²) in [5.74, 6) is 4.19. The van der Waals surface area contributed by atoms with Gasteiger partial charge in [0, 0.05) is 0 Å². The molecule has 0 heterocycles. The lowest BCUT2D eigenvalue weighted by molar-refractivity contribution is 0.459. The Balaban J connectivity index is 1.22. The Bertz CT molecular complexity index is 1370. The molecule has 4 bridgehead atoms. The van der Waals surface area contributed by atoms with Crippen molar-refractivity contribution in [2.24, 2.45) is 23.7 Å². The van der Waals surface area contributed by atoms with Gasteiger partial charge in [0.15, 0.2) is 0 Å². The molecule has 0 saturated heterocycles. The Labute approximate surface area is 250 Å². The van der Waals surface area contributed by atoms with Crippen molar-refractivity contribution in [3.8, 4) is 0 Å². The molecule has 4 fully saturated rings. The van der Waals surface area contributed by atoms with E-state index in [-0.39, 0.29) is 7.92 Å². The standard InChI is InChI=1S/C39H44P2/c1-27(40(38-25-28-19-21-30(38)23-28)39-26-29-20-22-31(39)24-29)34-16-10-17-35(34)36-15-8-9-18-37(36)41(32-11-4-2-5-12-32)33-13-6-3-7-14-33/h2-15,17-18,27-31,38-39H,16,19-26H2,1H3/t27-,28?,29?,30?,31?,38?,39?,40?/m1/s1. The van der Waals surface area contributed by atoms with Crippen molar-refractivity contribution in [2.75, 3.05) is 0 Å². The van der Waals surface area contributed by atoms with Crippen LogP contribution in [0.15, 0.2) is 103 Å². The molecular weight excluding hydrogens is 530 g/mol. The molecule has 3 aromatic carbocycles. The van der Waals surface area contributed by atoms with Gasteiger partial charge in [-0.25, -0.2) is 0 Å². The van der Waals surface area contributed by atoms with Gasteiger partial charge in [-0.1, -0.05) is 130 Å². The fraction of sp³-hybridized carbons (Fsp3) is 0.436. The molecule has 0 spiro atoms. The molecule has 3 aromatic rings. The number of benzene rings is 3. The van der Waals surface area contributed by atoms with Gasteiger partial charge in [0.25, 0.3) is 0 Å². The monoisotopic (exact) mass is 574 g/mol. The molecule has 8 rings (SSSR count). The third-order valence-electron chi connectivity index (χ3n) is 11.6. The van der Waals surface area contributed by atoms with Crippen LogP contribution in [0.4, 0.5) is 0 Å². The summed E-state index contributed by atoms with van der Waals surface area (Å²) in [4.78, 5) is 0. The second-order valence-electron chi connectivity index (χ2n) is 13.7. The van der Waals surface area contributed by atoms with E-state index in [4.69, 9.17) is 0 Å². The first-order valence-electron chi connectivity index (χ1n) is 16.4. The van der Waals surface area contributed by atoms with Crippen molar-refractivity contribution in [3.05, 3.63) is 108 Å². The molecule has 4 saturated carbocycles. The SMILES string of the molecule is C[C@H](C1=C(c2ccccc2P(c2ccccc2)c2ccccc2)C=CC1)P(C1CC2CCC1C2)C1CC2CCC1C2. The molecule has 6 unspecified atom stereocenters. The third-order valence-corrected chi connectivity index (χ3v) is 18.1. The molecule has 5 aliphatic carbocycles. The van der Waals surface area contributed by atoms with Crippen LogP contribution in [0.3, 0.4) is 0 Å².